The van der Waals surface area contributed by atoms with Gasteiger partial charge in [0.05, 0.1) is 32.6 Å². The van der Waals surface area contributed by atoms with Crippen molar-refractivity contribution in [3.63, 3.8) is 0 Å². The average Bonchev–Trinajstić information content (AvgIpc) is 1.50. The minimum absolute atomic E-state index is 0.176. The highest BCUT2D eigenvalue weighted by Crippen LogP contribution is 2.69. The molecule has 0 unspecified atom stereocenters. The van der Waals surface area contributed by atoms with Crippen molar-refractivity contribution < 1.29 is 0 Å². The minimum atomic E-state index is -0.611. The molecular formula is C105H66N2S. The van der Waals surface area contributed by atoms with Crippen LogP contribution in [0.15, 0.2) is 364 Å². The molecule has 1 aromatic heterocycles. The highest BCUT2D eigenvalue weighted by atomic mass is 32.1. The number of rotatable bonds is 7. The molecule has 0 radical (unpaired) electrons. The lowest BCUT2D eigenvalue weighted by molar-refractivity contribution is 0.660. The van der Waals surface area contributed by atoms with E-state index in [0.717, 1.165) is 34.1 Å². The zero-order valence-electron chi connectivity index (χ0n) is 59.4. The lowest BCUT2D eigenvalue weighted by Crippen LogP contribution is -2.26. The van der Waals surface area contributed by atoms with E-state index in [1.165, 1.54) is 186 Å². The minimum Gasteiger partial charge on any atom is -0.310 e. The van der Waals surface area contributed by atoms with E-state index in [1.54, 1.807) is 0 Å². The molecular weight excluding hydrogens is 1320 g/mol. The fourth-order valence-electron chi connectivity index (χ4n) is 21.0. The van der Waals surface area contributed by atoms with Crippen LogP contribution in [0.2, 0.25) is 0 Å². The van der Waals surface area contributed by atoms with Gasteiger partial charge in [0, 0.05) is 48.7 Å². The van der Waals surface area contributed by atoms with Crippen LogP contribution in [-0.2, 0) is 16.2 Å². The van der Waals surface area contributed by atoms with Gasteiger partial charge in [-0.25, -0.2) is 0 Å². The lowest BCUT2D eigenvalue weighted by atomic mass is 9.70. The van der Waals surface area contributed by atoms with Crippen LogP contribution < -0.4 is 9.80 Å². The van der Waals surface area contributed by atoms with E-state index in [9.17, 15) is 0 Å². The summed E-state index contributed by atoms with van der Waals surface area (Å²) in [6, 6.07) is 139. The second-order valence-electron chi connectivity index (χ2n) is 30.8. The number of anilines is 6. The van der Waals surface area contributed by atoms with Crippen LogP contribution >= 0.6 is 11.3 Å². The highest BCUT2D eigenvalue weighted by molar-refractivity contribution is 7.26. The number of benzene rings is 18. The van der Waals surface area contributed by atoms with Gasteiger partial charge in [-0.3, -0.25) is 0 Å². The molecule has 1 heterocycles. The van der Waals surface area contributed by atoms with Crippen molar-refractivity contribution in [2.45, 2.75) is 30.1 Å². The summed E-state index contributed by atoms with van der Waals surface area (Å²) < 4.78 is 2.51. The number of nitrogens with zero attached hydrogens (tertiary/aromatic N) is 2. The molecule has 0 atom stereocenters. The Hall–Kier alpha value is -13.2. The largest absolute Gasteiger partial charge is 0.310 e. The van der Waals surface area contributed by atoms with E-state index >= 15 is 0 Å². The zero-order valence-corrected chi connectivity index (χ0v) is 60.3. The van der Waals surface area contributed by atoms with Crippen LogP contribution in [0.25, 0.3) is 130 Å². The van der Waals surface area contributed by atoms with E-state index in [1.807, 2.05) is 11.3 Å². The van der Waals surface area contributed by atoms with Crippen LogP contribution in [0.3, 0.4) is 0 Å². The molecule has 0 bridgehead atoms. The van der Waals surface area contributed by atoms with E-state index in [4.69, 9.17) is 0 Å². The molecule has 18 aromatic carbocycles. The SMILES string of the molecule is CC1(C)c2ccccc2-c2ccc(N(c3ccccc3)c3cc4c(c5ccccc35)-c3c(ccc5cc(-c6ccc7c(c6)sc6c(N(c8ccccc8)c8cc9c(c%10ccccc8%10)-c8c(ccc%10ccccc8%10)C98c9ccccc9-c9ccccc98)cccc67)ccc35)C43c4ccccc4-c4ccccc43)cc21. The van der Waals surface area contributed by atoms with Crippen molar-refractivity contribution in [3.8, 4) is 66.8 Å². The highest BCUT2D eigenvalue weighted by Gasteiger charge is 2.55. The first-order chi connectivity index (χ1) is 53.3. The molecule has 3 heteroatoms. The molecule has 502 valence electrons. The summed E-state index contributed by atoms with van der Waals surface area (Å²) in [5.41, 5.74) is 34.3. The first-order valence-electron chi connectivity index (χ1n) is 37.9. The third kappa shape index (κ3) is 7.75. The number of hydrogen-bond acceptors (Lipinski definition) is 3. The van der Waals surface area contributed by atoms with Gasteiger partial charge in [0.15, 0.2) is 0 Å². The first-order valence-corrected chi connectivity index (χ1v) is 38.7. The van der Waals surface area contributed by atoms with Gasteiger partial charge >= 0.3 is 0 Å². The Morgan fingerprint density at radius 2 is 0.639 bits per heavy atom. The first kappa shape index (κ1) is 60.1. The topological polar surface area (TPSA) is 6.48 Å². The predicted molar refractivity (Wildman–Crippen MR) is 454 cm³/mol. The van der Waals surface area contributed by atoms with Crippen LogP contribution in [0.5, 0.6) is 0 Å². The second-order valence-corrected chi connectivity index (χ2v) is 31.8. The van der Waals surface area contributed by atoms with Crippen LogP contribution in [0, 0.1) is 0 Å². The summed E-state index contributed by atoms with van der Waals surface area (Å²) in [6.07, 6.45) is 0. The quantitative estimate of drug-likeness (QED) is 0.157. The molecule has 5 aliphatic rings. The van der Waals surface area contributed by atoms with Crippen molar-refractivity contribution in [2.24, 2.45) is 0 Å². The molecule has 5 aliphatic carbocycles. The third-order valence-electron chi connectivity index (χ3n) is 25.4. The zero-order chi connectivity index (χ0) is 70.9. The molecule has 2 nitrogen and oxygen atoms in total. The summed E-state index contributed by atoms with van der Waals surface area (Å²) in [6.45, 7) is 4.78. The van der Waals surface area contributed by atoms with Crippen LogP contribution in [0.4, 0.5) is 34.1 Å². The summed E-state index contributed by atoms with van der Waals surface area (Å²) in [5, 5.41) is 12.4. The van der Waals surface area contributed by atoms with Crippen molar-refractivity contribution in [1.29, 1.82) is 0 Å². The van der Waals surface area contributed by atoms with E-state index < -0.39 is 10.8 Å². The molecule has 108 heavy (non-hydrogen) atoms. The normalized spacial score (nSPS) is 14.2. The van der Waals surface area contributed by atoms with E-state index in [2.05, 4.69) is 388 Å². The fourth-order valence-corrected chi connectivity index (χ4v) is 22.3. The maximum absolute atomic E-state index is 2.60. The summed E-state index contributed by atoms with van der Waals surface area (Å²) in [4.78, 5) is 5.12. The predicted octanol–water partition coefficient (Wildman–Crippen LogP) is 28.3. The van der Waals surface area contributed by atoms with Crippen molar-refractivity contribution in [2.75, 3.05) is 9.80 Å². The van der Waals surface area contributed by atoms with Gasteiger partial charge in [-0.2, -0.15) is 0 Å². The van der Waals surface area contributed by atoms with Crippen LogP contribution in [-0.4, -0.2) is 0 Å². The molecule has 2 spiro atoms. The second kappa shape index (κ2) is 22.0. The fraction of sp³-hybridized carbons (Fsp3) is 0.0476. The van der Waals surface area contributed by atoms with Gasteiger partial charge in [-0.15, -0.1) is 11.3 Å². The smallest absolute Gasteiger partial charge is 0.0726 e. The summed E-state index contributed by atoms with van der Waals surface area (Å²) in [7, 11) is 0. The molecule has 0 N–H and O–H groups in total. The molecule has 0 fully saturated rings. The Bertz CT molecular complexity index is 7080. The molecule has 0 saturated carbocycles. The number of hydrogen-bond donors (Lipinski definition) is 0. The lowest BCUT2D eigenvalue weighted by Gasteiger charge is -2.33. The van der Waals surface area contributed by atoms with Gasteiger partial charge in [0.2, 0.25) is 0 Å². The Morgan fingerprint density at radius 1 is 0.222 bits per heavy atom. The number of fused-ring (bicyclic) bond motifs is 34. The molecule has 0 saturated heterocycles. The Morgan fingerprint density at radius 3 is 1.21 bits per heavy atom. The van der Waals surface area contributed by atoms with Gasteiger partial charge in [-0.1, -0.05) is 311 Å². The standard InChI is InChI=1S/C105H66N2S/c1-103(2)84-42-20-15-32-72(84)77-55-52-69(60-91(77)103)106(67-27-5-3-6-28-67)95-61-92-101(81-39-13-11-37-78(81)95)99-71-53-48-64(58-66(71)51-57-90(99)105(92)87-45-23-18-35-75(87)76-36-19-24-46-88(76)105)65-49-54-80-83-41-25-47-94(102(83)108-97(80)59-65)107(68-29-7-4-8-30-68)96-62-93-100(82-40-14-12-38-79(82)96)98-70-31-10-9-26-63(70)50-56-89(98)104(93)85-43-21-16-33-73(85)74-34-17-22-44-86(74)104/h3-62H,1-2H3. The molecule has 0 amide bonds. The van der Waals surface area contributed by atoms with Gasteiger partial charge in [0.25, 0.3) is 0 Å². The van der Waals surface area contributed by atoms with Crippen molar-refractivity contribution >= 4 is 109 Å². The number of thiophene rings is 1. The van der Waals surface area contributed by atoms with E-state index in [0.29, 0.717) is 0 Å². The Labute approximate surface area is 630 Å². The Kier molecular flexibility index (Phi) is 12.2. The summed E-state index contributed by atoms with van der Waals surface area (Å²) >= 11 is 1.91. The van der Waals surface area contributed by atoms with Crippen LogP contribution in [0.1, 0.15) is 69.5 Å². The average molecular weight is 1390 g/mol. The van der Waals surface area contributed by atoms with Gasteiger partial charge < -0.3 is 9.80 Å². The maximum Gasteiger partial charge on any atom is 0.0726 e. The Balaban J connectivity index is 0.685. The summed E-state index contributed by atoms with van der Waals surface area (Å²) in [5.74, 6) is 0. The molecule has 19 aromatic rings. The molecule has 0 aliphatic heterocycles. The third-order valence-corrected chi connectivity index (χ3v) is 26.6. The number of para-hydroxylation sites is 2. The monoisotopic (exact) mass is 1390 g/mol. The molecule has 24 rings (SSSR count). The van der Waals surface area contributed by atoms with Crippen molar-refractivity contribution in [3.05, 3.63) is 420 Å². The van der Waals surface area contributed by atoms with Crippen molar-refractivity contribution in [1.82, 2.24) is 0 Å². The maximum atomic E-state index is 2.60. The van der Waals surface area contributed by atoms with E-state index in [-0.39, 0.29) is 5.41 Å². The van der Waals surface area contributed by atoms with Gasteiger partial charge in [0.1, 0.15) is 0 Å². The van der Waals surface area contributed by atoms with Gasteiger partial charge in [-0.05, 0) is 221 Å².